The Morgan fingerprint density at radius 2 is 2.06 bits per heavy atom. The number of hydrazine groups is 1. The summed E-state index contributed by atoms with van der Waals surface area (Å²) < 4.78 is 0. The molecule has 1 aromatic rings. The van der Waals surface area contributed by atoms with Crippen molar-refractivity contribution in [3.63, 3.8) is 0 Å². The van der Waals surface area contributed by atoms with Crippen molar-refractivity contribution in [2.45, 2.75) is 6.92 Å². The number of carbonyl (C=O) groups excluding carboxylic acids is 1. The molecule has 2 N–H and O–H groups in total. The zero-order valence-electron chi connectivity index (χ0n) is 9.27. The Bertz CT molecular complexity index is 627. The van der Waals surface area contributed by atoms with Crippen molar-refractivity contribution in [2.75, 3.05) is 0 Å². The molecule has 0 fully saturated rings. The van der Waals surface area contributed by atoms with Gasteiger partial charge in [-0.1, -0.05) is 24.3 Å². The molecule has 0 radical (unpaired) electrons. The SMILES string of the molecule is C=C1N=C2C(=O)c3ccc(C)cc3C2=NN1N. The van der Waals surface area contributed by atoms with Crippen LogP contribution in [-0.4, -0.2) is 22.3 Å². The first-order chi connectivity index (χ1) is 8.08. The van der Waals surface area contributed by atoms with E-state index in [1.807, 2.05) is 19.1 Å². The van der Waals surface area contributed by atoms with Crippen LogP contribution in [0.25, 0.3) is 0 Å². The number of rotatable bonds is 0. The second-order valence-electron chi connectivity index (χ2n) is 4.05. The van der Waals surface area contributed by atoms with Crippen LogP contribution in [0.15, 0.2) is 40.7 Å². The number of Topliss-reactive ketones (excluding diaryl/α,β-unsaturated/α-hetero) is 1. The van der Waals surface area contributed by atoms with E-state index in [0.29, 0.717) is 17.0 Å². The van der Waals surface area contributed by atoms with E-state index in [4.69, 9.17) is 5.84 Å². The molecule has 1 aliphatic carbocycles. The average Bonchev–Trinajstić information content (AvgIpc) is 2.54. The van der Waals surface area contributed by atoms with E-state index in [1.54, 1.807) is 6.07 Å². The molecule has 0 spiro atoms. The number of aliphatic imine (C=N–C) groups is 1. The van der Waals surface area contributed by atoms with E-state index < -0.39 is 0 Å². The van der Waals surface area contributed by atoms with Gasteiger partial charge in [0, 0.05) is 11.1 Å². The molecule has 1 aromatic carbocycles. The number of fused-ring (bicyclic) bond motifs is 3. The lowest BCUT2D eigenvalue weighted by atomic mass is 10.1. The highest BCUT2D eigenvalue weighted by Gasteiger charge is 2.35. The molecule has 0 bridgehead atoms. The highest BCUT2D eigenvalue weighted by molar-refractivity contribution is 6.78. The molecule has 2 aliphatic rings. The van der Waals surface area contributed by atoms with E-state index in [9.17, 15) is 4.79 Å². The first kappa shape index (κ1) is 9.92. The molecule has 1 aliphatic heterocycles. The summed E-state index contributed by atoms with van der Waals surface area (Å²) in [5, 5.41) is 5.22. The second-order valence-corrected chi connectivity index (χ2v) is 4.05. The molecule has 5 nitrogen and oxygen atoms in total. The standard InChI is InChI=1S/C12H10N4O/c1-6-3-4-8-9(5-6)10-11(12(8)17)14-7(2)16(13)15-10/h3-5H,2,13H2,1H3. The third kappa shape index (κ3) is 1.26. The maximum atomic E-state index is 12.1. The van der Waals surface area contributed by atoms with Crippen LogP contribution in [0, 0.1) is 6.92 Å². The number of ketones is 1. The van der Waals surface area contributed by atoms with Crippen molar-refractivity contribution < 1.29 is 4.79 Å². The van der Waals surface area contributed by atoms with Crippen LogP contribution in [0.5, 0.6) is 0 Å². The fraction of sp³-hybridized carbons (Fsp3) is 0.0833. The van der Waals surface area contributed by atoms with Crippen molar-refractivity contribution >= 4 is 17.2 Å². The number of hydrogen-bond donors (Lipinski definition) is 1. The summed E-state index contributed by atoms with van der Waals surface area (Å²) in [7, 11) is 0. The van der Waals surface area contributed by atoms with Gasteiger partial charge in [0.2, 0.25) is 5.78 Å². The number of hydrogen-bond acceptors (Lipinski definition) is 5. The summed E-state index contributed by atoms with van der Waals surface area (Å²) in [6, 6.07) is 5.60. The van der Waals surface area contributed by atoms with Crippen LogP contribution in [0.1, 0.15) is 21.5 Å². The number of benzene rings is 1. The van der Waals surface area contributed by atoms with Gasteiger partial charge >= 0.3 is 0 Å². The molecule has 0 atom stereocenters. The highest BCUT2D eigenvalue weighted by atomic mass is 16.1. The minimum Gasteiger partial charge on any atom is -0.287 e. The van der Waals surface area contributed by atoms with E-state index in [2.05, 4.69) is 16.7 Å². The molecule has 3 rings (SSSR count). The van der Waals surface area contributed by atoms with Gasteiger partial charge in [-0.25, -0.2) is 10.8 Å². The van der Waals surface area contributed by atoms with Gasteiger partial charge in [-0.2, -0.15) is 10.2 Å². The largest absolute Gasteiger partial charge is 0.287 e. The summed E-state index contributed by atoms with van der Waals surface area (Å²) in [5.74, 6) is 5.75. The zero-order chi connectivity index (χ0) is 12.2. The predicted octanol–water partition coefficient (Wildman–Crippen LogP) is 0.997. The summed E-state index contributed by atoms with van der Waals surface area (Å²) >= 11 is 0. The molecule has 1 heterocycles. The zero-order valence-corrected chi connectivity index (χ0v) is 9.27. The van der Waals surface area contributed by atoms with Gasteiger partial charge in [-0.15, -0.1) is 0 Å². The number of nitrogens with zero attached hydrogens (tertiary/aromatic N) is 3. The van der Waals surface area contributed by atoms with Gasteiger partial charge in [0.1, 0.15) is 11.4 Å². The topological polar surface area (TPSA) is 71.0 Å². The van der Waals surface area contributed by atoms with Crippen molar-refractivity contribution in [2.24, 2.45) is 15.9 Å². The number of nitrogens with two attached hydrogens (primary N) is 1. The monoisotopic (exact) mass is 226 g/mol. The third-order valence-corrected chi connectivity index (χ3v) is 2.83. The maximum absolute atomic E-state index is 12.1. The molecule has 0 aromatic heterocycles. The number of carbonyl (C=O) groups is 1. The second kappa shape index (κ2) is 3.11. The smallest absolute Gasteiger partial charge is 0.214 e. The van der Waals surface area contributed by atoms with Gasteiger partial charge in [0.05, 0.1) is 0 Å². The summed E-state index contributed by atoms with van der Waals surface area (Å²) in [6.45, 7) is 5.59. The van der Waals surface area contributed by atoms with Gasteiger partial charge in [0.25, 0.3) is 0 Å². The fourth-order valence-corrected chi connectivity index (χ4v) is 1.97. The molecule has 17 heavy (non-hydrogen) atoms. The molecule has 0 amide bonds. The lowest BCUT2D eigenvalue weighted by Crippen LogP contribution is -2.32. The van der Waals surface area contributed by atoms with Gasteiger partial charge in [-0.05, 0) is 13.0 Å². The Hall–Kier alpha value is -2.27. The molecule has 5 heteroatoms. The third-order valence-electron chi connectivity index (χ3n) is 2.83. The van der Waals surface area contributed by atoms with Gasteiger partial charge in [0.15, 0.2) is 5.82 Å². The summed E-state index contributed by atoms with van der Waals surface area (Å²) in [4.78, 5) is 16.2. The molecule has 0 saturated carbocycles. The Labute approximate surface area is 97.9 Å². The van der Waals surface area contributed by atoms with Crippen LogP contribution in [0.4, 0.5) is 0 Å². The molecule has 84 valence electrons. The number of hydrazone groups is 1. The Morgan fingerprint density at radius 1 is 1.29 bits per heavy atom. The fourth-order valence-electron chi connectivity index (χ4n) is 1.97. The Balaban J connectivity index is 2.28. The van der Waals surface area contributed by atoms with E-state index >= 15 is 0 Å². The van der Waals surface area contributed by atoms with Crippen LogP contribution in [-0.2, 0) is 0 Å². The lowest BCUT2D eigenvalue weighted by Gasteiger charge is -2.17. The first-order valence-corrected chi connectivity index (χ1v) is 5.15. The Kier molecular flexibility index (Phi) is 1.82. The number of aryl methyl sites for hydroxylation is 1. The van der Waals surface area contributed by atoms with Crippen LogP contribution in [0.2, 0.25) is 0 Å². The van der Waals surface area contributed by atoms with Crippen molar-refractivity contribution in [1.29, 1.82) is 0 Å². The molecule has 0 unspecified atom stereocenters. The predicted molar refractivity (Wildman–Crippen MR) is 64.6 cm³/mol. The quantitative estimate of drug-likeness (QED) is 0.671. The minimum atomic E-state index is -0.118. The first-order valence-electron chi connectivity index (χ1n) is 5.15. The molecular formula is C12H10N4O. The Morgan fingerprint density at radius 3 is 2.82 bits per heavy atom. The van der Waals surface area contributed by atoms with Crippen LogP contribution >= 0.6 is 0 Å². The van der Waals surface area contributed by atoms with Crippen LogP contribution < -0.4 is 5.84 Å². The van der Waals surface area contributed by atoms with E-state index in [0.717, 1.165) is 16.2 Å². The van der Waals surface area contributed by atoms with Crippen molar-refractivity contribution in [3.8, 4) is 0 Å². The van der Waals surface area contributed by atoms with E-state index in [1.165, 1.54) is 0 Å². The van der Waals surface area contributed by atoms with Gasteiger partial charge < -0.3 is 0 Å². The summed E-state index contributed by atoms with van der Waals surface area (Å²) in [6.07, 6.45) is 0. The molecule has 0 saturated heterocycles. The van der Waals surface area contributed by atoms with Gasteiger partial charge in [-0.3, -0.25) is 4.79 Å². The lowest BCUT2D eigenvalue weighted by molar-refractivity contribution is 0.106. The van der Waals surface area contributed by atoms with Crippen molar-refractivity contribution in [3.05, 3.63) is 47.3 Å². The molecular weight excluding hydrogens is 216 g/mol. The average molecular weight is 226 g/mol. The van der Waals surface area contributed by atoms with Crippen LogP contribution in [0.3, 0.4) is 0 Å². The maximum Gasteiger partial charge on any atom is 0.214 e. The normalized spacial score (nSPS) is 17.6. The van der Waals surface area contributed by atoms with E-state index in [-0.39, 0.29) is 11.6 Å². The van der Waals surface area contributed by atoms with Crippen molar-refractivity contribution in [1.82, 2.24) is 5.12 Å². The minimum absolute atomic E-state index is 0.118. The summed E-state index contributed by atoms with van der Waals surface area (Å²) in [5.41, 5.74) is 3.34. The highest BCUT2D eigenvalue weighted by Crippen LogP contribution is 2.26.